The number of aromatic nitrogens is 6. The van der Waals surface area contributed by atoms with Crippen molar-refractivity contribution >= 4 is 61.7 Å². The molecule has 1 aromatic carbocycles. The summed E-state index contributed by atoms with van der Waals surface area (Å²) >= 11 is 0. The average molecular weight is 913 g/mol. The zero-order valence-electron chi connectivity index (χ0n) is 38.4. The third-order valence-corrected chi connectivity index (χ3v) is 9.84. The zero-order valence-corrected chi connectivity index (χ0v) is 39.2. The van der Waals surface area contributed by atoms with Crippen molar-refractivity contribution < 1.29 is 46.2 Å². The highest BCUT2D eigenvalue weighted by Crippen LogP contribution is 2.39. The van der Waals surface area contributed by atoms with Crippen LogP contribution in [-0.4, -0.2) is 85.0 Å². The number of hydrogen-bond acceptors (Lipinski definition) is 13. The van der Waals surface area contributed by atoms with E-state index in [1.807, 2.05) is 13.8 Å². The van der Waals surface area contributed by atoms with Gasteiger partial charge in [0.05, 0.1) is 53.0 Å². The van der Waals surface area contributed by atoms with E-state index in [-0.39, 0.29) is 52.7 Å². The monoisotopic (exact) mass is 912 g/mol. The number of rotatable bonds is 9. The number of nitrogens with zero attached hydrogens (tertiary/aromatic N) is 7. The van der Waals surface area contributed by atoms with Crippen LogP contribution in [0.5, 0.6) is 0 Å². The molecule has 0 aliphatic carbocycles. The number of sulfonamides is 1. The van der Waals surface area contributed by atoms with Crippen LogP contribution in [0.15, 0.2) is 67.4 Å². The van der Waals surface area contributed by atoms with Gasteiger partial charge in [0, 0.05) is 47.3 Å². The molecule has 0 saturated heterocycles. The van der Waals surface area contributed by atoms with Crippen LogP contribution in [0.1, 0.15) is 88.1 Å². The van der Waals surface area contributed by atoms with Crippen molar-refractivity contribution in [2.75, 3.05) is 11.2 Å². The molecular formula is C46H53FN8O9S. The summed E-state index contributed by atoms with van der Waals surface area (Å²) in [6, 6.07) is 8.90. The SMILES string of the molecule is CC(C)CC(=O)N(C(=O)OC(C)(C)C)c1cncc(-c2cc3c(-c4cc5c(-c6cc(F)cc(CNS(C)(=O)=O)c6)cncc5n4C(=O)OC(C)(C)C)nn(C(=O)OC(C)(C)C)c3cn2)c1. The Kier molecular flexibility index (Phi) is 13.1. The van der Waals surface area contributed by atoms with Crippen LogP contribution in [0, 0.1) is 11.7 Å². The smallest absolute Gasteiger partial charge is 0.435 e. The number of anilines is 1. The Bertz CT molecular complexity index is 2960. The van der Waals surface area contributed by atoms with E-state index in [0.29, 0.717) is 33.0 Å². The second-order valence-corrected chi connectivity index (χ2v) is 20.8. The van der Waals surface area contributed by atoms with Crippen molar-refractivity contribution in [1.29, 1.82) is 0 Å². The van der Waals surface area contributed by atoms with Gasteiger partial charge in [0.1, 0.15) is 28.3 Å². The van der Waals surface area contributed by atoms with Crippen LogP contribution < -0.4 is 9.62 Å². The summed E-state index contributed by atoms with van der Waals surface area (Å²) in [6.07, 6.45) is 5.68. The molecule has 0 bridgehead atoms. The van der Waals surface area contributed by atoms with Gasteiger partial charge in [-0.3, -0.25) is 19.7 Å². The number of pyridine rings is 3. The number of carbonyl (C=O) groups is 4. The molecule has 344 valence electrons. The molecule has 6 aromatic rings. The van der Waals surface area contributed by atoms with Crippen LogP contribution in [0.3, 0.4) is 0 Å². The Morgan fingerprint density at radius 1 is 0.754 bits per heavy atom. The van der Waals surface area contributed by atoms with Crippen molar-refractivity contribution in [3.63, 3.8) is 0 Å². The molecule has 5 aromatic heterocycles. The lowest BCUT2D eigenvalue weighted by atomic mass is 10.0. The molecule has 6 rings (SSSR count). The van der Waals surface area contributed by atoms with Crippen LogP contribution >= 0.6 is 0 Å². The molecule has 5 heterocycles. The quantitative estimate of drug-likeness (QED) is 0.134. The Morgan fingerprint density at radius 2 is 1.40 bits per heavy atom. The Morgan fingerprint density at radius 3 is 2.03 bits per heavy atom. The average Bonchev–Trinajstić information content (AvgIpc) is 3.73. The maximum Gasteiger partial charge on any atom is 0.435 e. The van der Waals surface area contributed by atoms with Crippen molar-refractivity contribution in [1.82, 2.24) is 34.0 Å². The zero-order chi connectivity index (χ0) is 48.0. The lowest BCUT2D eigenvalue weighted by Crippen LogP contribution is -2.41. The van der Waals surface area contributed by atoms with Gasteiger partial charge >= 0.3 is 18.3 Å². The van der Waals surface area contributed by atoms with E-state index in [0.717, 1.165) is 15.8 Å². The fourth-order valence-corrected chi connectivity index (χ4v) is 7.18. The third-order valence-electron chi connectivity index (χ3n) is 9.17. The molecule has 0 saturated carbocycles. The van der Waals surface area contributed by atoms with Gasteiger partial charge in [0.25, 0.3) is 0 Å². The first kappa shape index (κ1) is 47.9. The highest BCUT2D eigenvalue weighted by atomic mass is 32.2. The molecular weight excluding hydrogens is 860 g/mol. The molecule has 65 heavy (non-hydrogen) atoms. The summed E-state index contributed by atoms with van der Waals surface area (Å²) in [5.41, 5.74) is -0.310. The van der Waals surface area contributed by atoms with Crippen molar-refractivity contribution in [2.45, 2.75) is 106 Å². The highest BCUT2D eigenvalue weighted by molar-refractivity contribution is 7.88. The molecule has 0 aliphatic rings. The molecule has 0 spiro atoms. The third kappa shape index (κ3) is 11.6. The van der Waals surface area contributed by atoms with Crippen LogP contribution in [-0.2, 0) is 35.6 Å². The number of hydrogen-bond donors (Lipinski definition) is 1. The standard InChI is InChI=1S/C46H53FN8O9S/c1-26(2)13-39(56)53(41(57)62-44(3,4)5)31-17-29(21-48-22-31)35-18-33-38(25-50-35)55(43(59)64-46(9,10)11)52-40(33)36-19-32-34(23-49-24-37(32)54(36)42(58)63-45(6,7)8)28-14-27(15-30(47)16-28)20-51-65(12,60)61/h14-19,21-26,51H,13,20H2,1-12H3. The number of imide groups is 1. The molecule has 0 radical (unpaired) electrons. The number of halogens is 1. The van der Waals surface area contributed by atoms with Crippen molar-refractivity contribution in [3.8, 4) is 33.8 Å². The first-order chi connectivity index (χ1) is 30.1. The van der Waals surface area contributed by atoms with Crippen molar-refractivity contribution in [2.24, 2.45) is 5.92 Å². The van der Waals surface area contributed by atoms with E-state index in [1.54, 1.807) is 86.6 Å². The minimum atomic E-state index is -3.61. The number of fused-ring (bicyclic) bond motifs is 2. The Balaban J connectivity index is 1.61. The van der Waals surface area contributed by atoms with Crippen LogP contribution in [0.25, 0.3) is 55.6 Å². The summed E-state index contributed by atoms with van der Waals surface area (Å²) in [5, 5.41) is 5.47. The molecule has 1 N–H and O–H groups in total. The van der Waals surface area contributed by atoms with Gasteiger partial charge in [-0.2, -0.15) is 9.78 Å². The first-order valence-corrected chi connectivity index (χ1v) is 22.6. The van der Waals surface area contributed by atoms with E-state index in [9.17, 15) is 27.6 Å². The molecule has 0 atom stereocenters. The highest BCUT2D eigenvalue weighted by Gasteiger charge is 2.32. The normalized spacial score (nSPS) is 12.5. The lowest BCUT2D eigenvalue weighted by Gasteiger charge is -2.26. The summed E-state index contributed by atoms with van der Waals surface area (Å²) < 4.78 is 60.9. The molecule has 17 nitrogen and oxygen atoms in total. The van der Waals surface area contributed by atoms with Crippen LogP contribution in [0.4, 0.5) is 24.5 Å². The fraction of sp³-hybridized carbons (Fsp3) is 0.391. The van der Waals surface area contributed by atoms with Gasteiger partial charge in [-0.1, -0.05) is 13.8 Å². The summed E-state index contributed by atoms with van der Waals surface area (Å²) in [6.45, 7) is 18.8. The van der Waals surface area contributed by atoms with E-state index in [2.05, 4.69) is 19.7 Å². The van der Waals surface area contributed by atoms with Gasteiger partial charge in [-0.05, 0) is 116 Å². The molecule has 19 heteroatoms. The van der Waals surface area contributed by atoms with E-state index >= 15 is 4.39 Å². The Hall–Kier alpha value is -6.60. The predicted octanol–water partition coefficient (Wildman–Crippen LogP) is 9.25. The minimum absolute atomic E-state index is 0.0462. The summed E-state index contributed by atoms with van der Waals surface area (Å²) in [7, 11) is -3.61. The molecule has 2 amide bonds. The molecule has 0 fully saturated rings. The maximum absolute atomic E-state index is 15.2. The van der Waals surface area contributed by atoms with E-state index in [4.69, 9.17) is 19.3 Å². The van der Waals surface area contributed by atoms with Crippen molar-refractivity contribution in [3.05, 3.63) is 78.8 Å². The number of carbonyl (C=O) groups excluding carboxylic acids is 4. The number of benzene rings is 1. The van der Waals surface area contributed by atoms with Gasteiger partial charge in [-0.15, -0.1) is 0 Å². The maximum atomic E-state index is 15.2. The number of ether oxygens (including phenoxy) is 3. The summed E-state index contributed by atoms with van der Waals surface area (Å²) in [5.74, 6) is -1.22. The second-order valence-electron chi connectivity index (χ2n) is 19.0. The topological polar surface area (TPSA) is 207 Å². The molecule has 0 aliphatic heterocycles. The number of amides is 2. The van der Waals surface area contributed by atoms with Gasteiger partial charge in [0.15, 0.2) is 0 Å². The number of nitrogens with one attached hydrogen (secondary N) is 1. The fourth-order valence-electron chi connectivity index (χ4n) is 6.75. The van der Waals surface area contributed by atoms with Gasteiger partial charge < -0.3 is 14.2 Å². The Labute approximate surface area is 376 Å². The first-order valence-electron chi connectivity index (χ1n) is 20.7. The lowest BCUT2D eigenvalue weighted by molar-refractivity contribution is -0.119. The second kappa shape index (κ2) is 17.8. The van der Waals surface area contributed by atoms with E-state index in [1.165, 1.54) is 47.7 Å². The summed E-state index contributed by atoms with van der Waals surface area (Å²) in [4.78, 5) is 69.7. The predicted molar refractivity (Wildman–Crippen MR) is 243 cm³/mol. The van der Waals surface area contributed by atoms with Gasteiger partial charge in [-0.25, -0.2) is 41.4 Å². The van der Waals surface area contributed by atoms with Gasteiger partial charge in [0.2, 0.25) is 15.9 Å². The van der Waals surface area contributed by atoms with Crippen LogP contribution in [0.2, 0.25) is 0 Å². The largest absolute Gasteiger partial charge is 0.443 e. The minimum Gasteiger partial charge on any atom is -0.443 e. The molecule has 0 unspecified atom stereocenters. The van der Waals surface area contributed by atoms with E-state index < -0.39 is 56.8 Å².